The Kier molecular flexibility index (Phi) is 19.0. The van der Waals surface area contributed by atoms with E-state index >= 15 is 0 Å². The number of hydrogen-bond donors (Lipinski definition) is 8. The lowest BCUT2D eigenvalue weighted by Crippen LogP contribution is -2.57. The molecule has 5 amide bonds. The van der Waals surface area contributed by atoms with Crippen LogP contribution in [0.4, 0.5) is 0 Å². The van der Waals surface area contributed by atoms with Gasteiger partial charge in [-0.2, -0.15) is 11.8 Å². The second-order valence-electron chi connectivity index (χ2n) is 11.9. The maximum atomic E-state index is 13.3. The summed E-state index contributed by atoms with van der Waals surface area (Å²) in [5.74, 6) is -4.00. The SMILES string of the molecule is C[C@H](NC(=O)[C@H](CCCN=C(N)N)NC(=O)CNC(=O)[C@@H](N)CSC(C)(C)C)C(=O)N[C@@H](Cc1ccccc1)C(=O)NCC(=O)OCC=O. The van der Waals surface area contributed by atoms with Crippen molar-refractivity contribution in [1.82, 2.24) is 26.6 Å². The van der Waals surface area contributed by atoms with Crippen LogP contribution in [0.5, 0.6) is 0 Å². The molecule has 0 saturated carbocycles. The molecule has 0 aliphatic heterocycles. The van der Waals surface area contributed by atoms with E-state index in [2.05, 4.69) is 36.3 Å². The Morgan fingerprint density at radius 1 is 0.898 bits per heavy atom. The van der Waals surface area contributed by atoms with Crippen LogP contribution in [0.25, 0.3) is 0 Å². The highest BCUT2D eigenvalue weighted by Gasteiger charge is 2.28. The molecule has 0 unspecified atom stereocenters. The topological polar surface area (TPSA) is 279 Å². The molecule has 49 heavy (non-hydrogen) atoms. The quantitative estimate of drug-likeness (QED) is 0.0218. The molecule has 18 heteroatoms. The van der Waals surface area contributed by atoms with Gasteiger partial charge in [0, 0.05) is 23.5 Å². The van der Waals surface area contributed by atoms with Gasteiger partial charge in [-0.1, -0.05) is 51.1 Å². The zero-order chi connectivity index (χ0) is 37.0. The number of benzene rings is 1. The Hall–Kier alpha value is -4.71. The zero-order valence-corrected chi connectivity index (χ0v) is 29.1. The number of amides is 5. The number of nitrogens with two attached hydrogens (primary N) is 3. The maximum Gasteiger partial charge on any atom is 0.325 e. The van der Waals surface area contributed by atoms with Crippen LogP contribution in [0.2, 0.25) is 0 Å². The molecular weight excluding hydrogens is 658 g/mol. The summed E-state index contributed by atoms with van der Waals surface area (Å²) in [7, 11) is 0. The van der Waals surface area contributed by atoms with Gasteiger partial charge in [0.2, 0.25) is 29.5 Å². The third-order valence-corrected chi connectivity index (χ3v) is 7.83. The first-order valence-electron chi connectivity index (χ1n) is 15.6. The predicted molar refractivity (Wildman–Crippen MR) is 185 cm³/mol. The predicted octanol–water partition coefficient (Wildman–Crippen LogP) is -2.41. The van der Waals surface area contributed by atoms with Crippen molar-refractivity contribution < 1.29 is 38.3 Å². The van der Waals surface area contributed by atoms with Gasteiger partial charge in [-0.15, -0.1) is 0 Å². The fourth-order valence-corrected chi connectivity index (χ4v) is 4.76. The van der Waals surface area contributed by atoms with Gasteiger partial charge in [-0.05, 0) is 25.3 Å². The Morgan fingerprint density at radius 2 is 1.55 bits per heavy atom. The minimum atomic E-state index is -1.17. The Bertz CT molecular complexity index is 1300. The van der Waals surface area contributed by atoms with Crippen molar-refractivity contribution in [1.29, 1.82) is 0 Å². The minimum Gasteiger partial charge on any atom is -0.457 e. The maximum absolute atomic E-state index is 13.3. The first kappa shape index (κ1) is 42.3. The number of thioether (sulfide) groups is 1. The summed E-state index contributed by atoms with van der Waals surface area (Å²) in [5.41, 5.74) is 17.4. The van der Waals surface area contributed by atoms with Crippen molar-refractivity contribution >= 4 is 59.5 Å². The highest BCUT2D eigenvalue weighted by Crippen LogP contribution is 2.23. The first-order chi connectivity index (χ1) is 23.0. The minimum absolute atomic E-state index is 0.0518. The van der Waals surface area contributed by atoms with E-state index in [0.717, 1.165) is 0 Å². The van der Waals surface area contributed by atoms with Gasteiger partial charge in [-0.25, -0.2) is 0 Å². The summed E-state index contributed by atoms with van der Waals surface area (Å²) >= 11 is 1.50. The smallest absolute Gasteiger partial charge is 0.325 e. The Balaban J connectivity index is 2.92. The number of hydrogen-bond acceptors (Lipinski definition) is 11. The van der Waals surface area contributed by atoms with Gasteiger partial charge in [0.1, 0.15) is 31.3 Å². The Morgan fingerprint density at radius 3 is 2.16 bits per heavy atom. The molecule has 1 aromatic carbocycles. The van der Waals surface area contributed by atoms with Crippen LogP contribution in [0.15, 0.2) is 35.3 Å². The molecule has 0 aromatic heterocycles. The molecule has 0 spiro atoms. The van der Waals surface area contributed by atoms with Crippen LogP contribution in [0, 0.1) is 0 Å². The van der Waals surface area contributed by atoms with Gasteiger partial charge in [0.05, 0.1) is 12.6 Å². The van der Waals surface area contributed by atoms with E-state index in [-0.39, 0.29) is 36.5 Å². The number of nitrogens with zero attached hydrogens (tertiary/aromatic N) is 1. The van der Waals surface area contributed by atoms with Crippen LogP contribution in [-0.4, -0.2) is 109 Å². The molecule has 4 atom stereocenters. The van der Waals surface area contributed by atoms with Crippen LogP contribution >= 0.6 is 11.8 Å². The molecule has 17 nitrogen and oxygen atoms in total. The van der Waals surface area contributed by atoms with E-state index in [1.54, 1.807) is 30.3 Å². The summed E-state index contributed by atoms with van der Waals surface area (Å²) in [6.45, 7) is 6.05. The normalized spacial score (nSPS) is 13.3. The lowest BCUT2D eigenvalue weighted by Gasteiger charge is -2.24. The van der Waals surface area contributed by atoms with Crippen LogP contribution in [0.1, 0.15) is 46.1 Å². The number of guanidine groups is 1. The van der Waals surface area contributed by atoms with E-state index in [1.807, 2.05) is 20.8 Å². The standard InChI is InChI=1S/C31H49N9O8S/c1-19(26(44)40-23(15-20-9-6-5-7-10-20)28(46)37-17-25(43)48-14-13-41)38-29(47)22(11-8-12-35-30(33)34)39-24(42)16-36-27(45)21(32)18-49-31(2,3)4/h5-7,9-10,13,19,21-23H,8,11-12,14-18,32H2,1-4H3,(H,36,45)(H,37,46)(H,38,47)(H,39,42)(H,40,44)(H4,33,34,35)/t19-,21-,22-,23-/m0/s1. The highest BCUT2D eigenvalue weighted by atomic mass is 32.2. The summed E-state index contributed by atoms with van der Waals surface area (Å²) < 4.78 is 4.52. The molecule has 1 aromatic rings. The van der Waals surface area contributed by atoms with Crippen molar-refractivity contribution in [2.75, 3.05) is 32.0 Å². The zero-order valence-electron chi connectivity index (χ0n) is 28.3. The van der Waals surface area contributed by atoms with E-state index in [0.29, 0.717) is 17.6 Å². The number of nitrogens with one attached hydrogen (secondary N) is 5. The van der Waals surface area contributed by atoms with Gasteiger partial charge >= 0.3 is 5.97 Å². The first-order valence-corrected chi connectivity index (χ1v) is 16.5. The molecule has 1 rings (SSSR count). The second-order valence-corrected chi connectivity index (χ2v) is 13.7. The molecule has 272 valence electrons. The number of aliphatic imine (C=N–C) groups is 1. The largest absolute Gasteiger partial charge is 0.457 e. The van der Waals surface area contributed by atoms with Crippen molar-refractivity contribution in [3.05, 3.63) is 35.9 Å². The number of carbonyl (C=O) groups excluding carboxylic acids is 7. The fourth-order valence-electron chi connectivity index (χ4n) is 3.93. The lowest BCUT2D eigenvalue weighted by molar-refractivity contribution is -0.145. The monoisotopic (exact) mass is 707 g/mol. The lowest BCUT2D eigenvalue weighted by atomic mass is 10.0. The van der Waals surface area contributed by atoms with Crippen molar-refractivity contribution in [2.24, 2.45) is 22.2 Å². The summed E-state index contributed by atoms with van der Waals surface area (Å²) in [4.78, 5) is 90.6. The van der Waals surface area contributed by atoms with Crippen LogP contribution < -0.4 is 43.8 Å². The number of ether oxygens (including phenoxy) is 1. The third kappa shape index (κ3) is 19.0. The molecule has 0 bridgehead atoms. The van der Waals surface area contributed by atoms with Gasteiger partial charge < -0.3 is 48.5 Å². The average molecular weight is 708 g/mol. The fraction of sp³-hybridized carbons (Fsp3) is 0.548. The van der Waals surface area contributed by atoms with Crippen molar-refractivity contribution in [3.63, 3.8) is 0 Å². The molecule has 11 N–H and O–H groups in total. The number of carbonyl (C=O) groups is 7. The number of rotatable bonds is 21. The van der Waals surface area contributed by atoms with E-state index in [9.17, 15) is 33.6 Å². The summed E-state index contributed by atoms with van der Waals surface area (Å²) in [6.07, 6.45) is 0.803. The second kappa shape index (κ2) is 22.0. The van der Waals surface area contributed by atoms with Gasteiger partial charge in [-0.3, -0.25) is 38.6 Å². The molecule has 0 saturated heterocycles. The molecule has 0 aliphatic carbocycles. The van der Waals surface area contributed by atoms with Crippen LogP contribution in [-0.2, 0) is 44.7 Å². The number of aldehydes is 1. The molecule has 0 radical (unpaired) electrons. The molecule has 0 fully saturated rings. The van der Waals surface area contributed by atoms with Crippen LogP contribution in [0.3, 0.4) is 0 Å². The van der Waals surface area contributed by atoms with E-state index in [1.165, 1.54) is 18.7 Å². The highest BCUT2D eigenvalue weighted by molar-refractivity contribution is 8.00. The van der Waals surface area contributed by atoms with E-state index < -0.39 is 79.4 Å². The molecule has 0 heterocycles. The number of esters is 1. The molecular formula is C31H49N9O8S. The average Bonchev–Trinajstić information content (AvgIpc) is 3.04. The van der Waals surface area contributed by atoms with Gasteiger partial charge in [0.25, 0.3) is 0 Å². The van der Waals surface area contributed by atoms with Crippen molar-refractivity contribution in [3.8, 4) is 0 Å². The van der Waals surface area contributed by atoms with Crippen molar-refractivity contribution in [2.45, 2.75) is 75.9 Å². The third-order valence-electron chi connectivity index (χ3n) is 6.44. The van der Waals surface area contributed by atoms with Gasteiger partial charge in [0.15, 0.2) is 12.2 Å². The van der Waals surface area contributed by atoms with E-state index in [4.69, 9.17) is 17.2 Å². The molecule has 0 aliphatic rings. The summed E-state index contributed by atoms with van der Waals surface area (Å²) in [5, 5.41) is 12.5. The summed E-state index contributed by atoms with van der Waals surface area (Å²) in [6, 6.07) is 4.45. The Labute approximate surface area is 290 Å².